The molecule has 35 heavy (non-hydrogen) atoms. The van der Waals surface area contributed by atoms with Gasteiger partial charge in [-0.15, -0.1) is 0 Å². The van der Waals surface area contributed by atoms with Crippen molar-refractivity contribution < 1.29 is 22.7 Å². The van der Waals surface area contributed by atoms with Crippen molar-refractivity contribution in [3.63, 3.8) is 0 Å². The standard InChI is InChI=1S/C28H27F3N2O2/c29-22-4-3-18-11-19(1-2-20(18)12-22)21-13-25(30)24(26(31)14-21)15-32-9-7-28(8-10-32)17-33(23-5-6-23)27(34)16-35-28/h1-4,11-14,23H,5-10,15-17H2. The van der Waals surface area contributed by atoms with Gasteiger partial charge in [0, 0.05) is 31.2 Å². The van der Waals surface area contributed by atoms with Crippen LogP contribution in [0.15, 0.2) is 48.5 Å². The molecule has 1 saturated carbocycles. The number of benzene rings is 3. The minimum Gasteiger partial charge on any atom is -0.363 e. The molecule has 3 aliphatic rings. The molecule has 3 fully saturated rings. The molecule has 7 heteroatoms. The van der Waals surface area contributed by atoms with Crippen LogP contribution in [0, 0.1) is 17.5 Å². The maximum absolute atomic E-state index is 15.1. The molecule has 0 aromatic heterocycles. The first-order valence-corrected chi connectivity index (χ1v) is 12.2. The summed E-state index contributed by atoms with van der Waals surface area (Å²) in [6, 6.07) is 12.9. The zero-order valence-corrected chi connectivity index (χ0v) is 19.4. The van der Waals surface area contributed by atoms with Crippen molar-refractivity contribution in [1.29, 1.82) is 0 Å². The van der Waals surface area contributed by atoms with Crippen molar-refractivity contribution in [3.8, 4) is 11.1 Å². The molecule has 2 aliphatic heterocycles. The van der Waals surface area contributed by atoms with E-state index in [9.17, 15) is 9.18 Å². The first-order valence-electron chi connectivity index (χ1n) is 12.2. The second-order valence-corrected chi connectivity index (χ2v) is 10.1. The molecule has 6 rings (SSSR count). The third-order valence-electron chi connectivity index (χ3n) is 7.69. The van der Waals surface area contributed by atoms with Gasteiger partial charge in [-0.2, -0.15) is 0 Å². The Hall–Kier alpha value is -2.90. The lowest BCUT2D eigenvalue weighted by molar-refractivity contribution is -0.172. The molecular formula is C28H27F3N2O2. The van der Waals surface area contributed by atoms with Gasteiger partial charge >= 0.3 is 0 Å². The Morgan fingerprint density at radius 1 is 0.886 bits per heavy atom. The highest BCUT2D eigenvalue weighted by molar-refractivity contribution is 5.87. The Kier molecular flexibility index (Phi) is 5.57. The van der Waals surface area contributed by atoms with Crippen LogP contribution < -0.4 is 0 Å². The molecule has 0 N–H and O–H groups in total. The second kappa shape index (κ2) is 8.64. The largest absolute Gasteiger partial charge is 0.363 e. The van der Waals surface area contributed by atoms with E-state index in [-0.39, 0.29) is 36.0 Å². The number of hydrogen-bond donors (Lipinski definition) is 0. The van der Waals surface area contributed by atoms with Crippen LogP contribution in [0.2, 0.25) is 0 Å². The molecule has 3 aromatic rings. The first kappa shape index (κ1) is 22.6. The molecule has 2 heterocycles. The fraction of sp³-hybridized carbons (Fsp3) is 0.393. The zero-order chi connectivity index (χ0) is 24.2. The number of fused-ring (bicyclic) bond motifs is 1. The highest BCUT2D eigenvalue weighted by Gasteiger charge is 2.46. The van der Waals surface area contributed by atoms with E-state index in [0.29, 0.717) is 36.8 Å². The molecule has 3 aromatic carbocycles. The van der Waals surface area contributed by atoms with Gasteiger partial charge in [-0.1, -0.05) is 18.2 Å². The van der Waals surface area contributed by atoms with Crippen molar-refractivity contribution >= 4 is 16.7 Å². The molecule has 0 atom stereocenters. The van der Waals surface area contributed by atoms with Gasteiger partial charge in [-0.25, -0.2) is 13.2 Å². The number of piperidine rings is 1. The summed E-state index contributed by atoms with van der Waals surface area (Å²) in [7, 11) is 0. The van der Waals surface area contributed by atoms with Crippen molar-refractivity contribution in [3.05, 3.63) is 71.5 Å². The van der Waals surface area contributed by atoms with Gasteiger partial charge in [0.05, 0.1) is 12.1 Å². The van der Waals surface area contributed by atoms with Gasteiger partial charge in [-0.05, 0) is 77.9 Å². The van der Waals surface area contributed by atoms with Crippen molar-refractivity contribution in [2.24, 2.45) is 0 Å². The van der Waals surface area contributed by atoms with Crippen LogP contribution in [-0.2, 0) is 16.1 Å². The zero-order valence-electron chi connectivity index (χ0n) is 19.4. The van der Waals surface area contributed by atoms with Crippen molar-refractivity contribution in [2.45, 2.75) is 43.9 Å². The second-order valence-electron chi connectivity index (χ2n) is 10.1. The predicted molar refractivity (Wildman–Crippen MR) is 127 cm³/mol. The van der Waals surface area contributed by atoms with Gasteiger partial charge in [0.15, 0.2) is 0 Å². The van der Waals surface area contributed by atoms with Crippen molar-refractivity contribution in [2.75, 3.05) is 26.2 Å². The normalized spacial score (nSPS) is 20.7. The SMILES string of the molecule is O=C1COC2(CCN(Cc3c(F)cc(-c4ccc5cc(F)ccc5c4)cc3F)CC2)CN1C1CC1. The number of carbonyl (C=O) groups is 1. The number of carbonyl (C=O) groups excluding carboxylic acids is 1. The Bertz CT molecular complexity index is 1280. The predicted octanol–water partition coefficient (Wildman–Crippen LogP) is 5.28. The Balaban J connectivity index is 1.15. The number of ether oxygens (including phenoxy) is 1. The van der Waals surface area contributed by atoms with Crippen LogP contribution in [0.5, 0.6) is 0 Å². The highest BCUT2D eigenvalue weighted by Crippen LogP contribution is 2.37. The number of amides is 1. The summed E-state index contributed by atoms with van der Waals surface area (Å²) in [6.07, 6.45) is 3.62. The van der Waals surface area contributed by atoms with E-state index in [2.05, 4.69) is 4.90 Å². The molecule has 4 nitrogen and oxygen atoms in total. The van der Waals surface area contributed by atoms with E-state index in [1.54, 1.807) is 18.2 Å². The third kappa shape index (κ3) is 4.43. The van der Waals surface area contributed by atoms with Gasteiger partial charge in [0.1, 0.15) is 24.1 Å². The number of rotatable bonds is 4. The summed E-state index contributed by atoms with van der Waals surface area (Å²) in [5.74, 6) is -1.39. The topological polar surface area (TPSA) is 32.8 Å². The first-order chi connectivity index (χ1) is 16.9. The number of likely N-dealkylation sites (tertiary alicyclic amines) is 1. The number of hydrogen-bond acceptors (Lipinski definition) is 3. The molecule has 0 unspecified atom stereocenters. The molecule has 182 valence electrons. The fourth-order valence-electron chi connectivity index (χ4n) is 5.42. The Morgan fingerprint density at radius 3 is 2.29 bits per heavy atom. The van der Waals surface area contributed by atoms with E-state index >= 15 is 8.78 Å². The number of halogens is 3. The quantitative estimate of drug-likeness (QED) is 0.510. The lowest BCUT2D eigenvalue weighted by Gasteiger charge is -2.47. The lowest BCUT2D eigenvalue weighted by atomic mass is 9.89. The summed E-state index contributed by atoms with van der Waals surface area (Å²) >= 11 is 0. The molecule has 1 spiro atoms. The maximum atomic E-state index is 15.1. The smallest absolute Gasteiger partial charge is 0.248 e. The van der Waals surface area contributed by atoms with Crippen LogP contribution in [0.4, 0.5) is 13.2 Å². The van der Waals surface area contributed by atoms with E-state index in [0.717, 1.165) is 36.5 Å². The summed E-state index contributed by atoms with van der Waals surface area (Å²) < 4.78 is 49.6. The van der Waals surface area contributed by atoms with Gasteiger partial charge in [0.2, 0.25) is 5.91 Å². The van der Waals surface area contributed by atoms with E-state index in [1.165, 1.54) is 24.3 Å². The van der Waals surface area contributed by atoms with Gasteiger partial charge in [-0.3, -0.25) is 9.69 Å². The fourth-order valence-corrected chi connectivity index (χ4v) is 5.42. The summed E-state index contributed by atoms with van der Waals surface area (Å²) in [5.41, 5.74) is 0.852. The van der Waals surface area contributed by atoms with Crippen LogP contribution in [0.1, 0.15) is 31.2 Å². The van der Waals surface area contributed by atoms with Gasteiger partial charge < -0.3 is 9.64 Å². The Labute approximate surface area is 202 Å². The minimum atomic E-state index is -0.570. The van der Waals surface area contributed by atoms with Crippen molar-refractivity contribution in [1.82, 2.24) is 9.80 Å². The van der Waals surface area contributed by atoms with Crippen LogP contribution in [0.3, 0.4) is 0 Å². The average molecular weight is 481 g/mol. The van der Waals surface area contributed by atoms with E-state index in [4.69, 9.17) is 4.74 Å². The monoisotopic (exact) mass is 480 g/mol. The number of morpholine rings is 1. The van der Waals surface area contributed by atoms with E-state index < -0.39 is 11.6 Å². The number of nitrogens with zero attached hydrogens (tertiary/aromatic N) is 2. The summed E-state index contributed by atoms with van der Waals surface area (Å²) in [4.78, 5) is 16.2. The summed E-state index contributed by atoms with van der Waals surface area (Å²) in [5, 5.41) is 1.55. The molecule has 0 bridgehead atoms. The lowest BCUT2D eigenvalue weighted by Crippen LogP contribution is -2.59. The third-order valence-corrected chi connectivity index (χ3v) is 7.69. The average Bonchev–Trinajstić information content (AvgIpc) is 3.69. The van der Waals surface area contributed by atoms with E-state index in [1.807, 2.05) is 11.0 Å². The molecule has 0 radical (unpaired) electrons. The molecule has 1 amide bonds. The van der Waals surface area contributed by atoms with Gasteiger partial charge in [0.25, 0.3) is 0 Å². The maximum Gasteiger partial charge on any atom is 0.248 e. The van der Waals surface area contributed by atoms with Crippen LogP contribution in [0.25, 0.3) is 21.9 Å². The highest BCUT2D eigenvalue weighted by atomic mass is 19.1. The minimum absolute atomic E-state index is 0.0620. The summed E-state index contributed by atoms with van der Waals surface area (Å²) in [6.45, 7) is 2.27. The molecule has 2 saturated heterocycles. The molecular weight excluding hydrogens is 453 g/mol. The van der Waals surface area contributed by atoms with Crippen LogP contribution in [-0.4, -0.2) is 53.6 Å². The molecule has 1 aliphatic carbocycles. The van der Waals surface area contributed by atoms with Crippen LogP contribution >= 0.6 is 0 Å². The Morgan fingerprint density at radius 2 is 1.57 bits per heavy atom.